The minimum atomic E-state index is -4.75. The minimum Gasteiger partial charge on any atom is -0.416 e. The third-order valence-corrected chi connectivity index (χ3v) is 6.15. The third kappa shape index (κ3) is 6.87. The first kappa shape index (κ1) is 28.4. The average Bonchev–Trinajstić information content (AvgIpc) is 3.38. The lowest BCUT2D eigenvalue weighted by Crippen LogP contribution is -2.59. The van der Waals surface area contributed by atoms with Gasteiger partial charge in [0, 0.05) is 44.5 Å². The van der Waals surface area contributed by atoms with Gasteiger partial charge in [-0.25, -0.2) is 9.78 Å². The van der Waals surface area contributed by atoms with Crippen LogP contribution in [-0.4, -0.2) is 74.0 Å². The van der Waals surface area contributed by atoms with Crippen molar-refractivity contribution in [2.75, 3.05) is 26.6 Å². The Balaban J connectivity index is 1.37. The van der Waals surface area contributed by atoms with Crippen LogP contribution < -0.4 is 10.1 Å². The molecule has 1 amide bonds. The number of aromatic nitrogens is 2. The van der Waals surface area contributed by atoms with Gasteiger partial charge < -0.3 is 33.0 Å². The lowest BCUT2D eigenvalue weighted by atomic mass is 9.99. The van der Waals surface area contributed by atoms with Crippen molar-refractivity contribution in [1.82, 2.24) is 9.55 Å². The highest BCUT2D eigenvalue weighted by Crippen LogP contribution is 2.29. The molecular formula is C26H28F3N3O7. The number of rotatable bonds is 8. The Hall–Kier alpha value is -3.65. The van der Waals surface area contributed by atoms with Crippen molar-refractivity contribution in [3.63, 3.8) is 0 Å². The Labute approximate surface area is 222 Å². The molecule has 0 bridgehead atoms. The molecule has 2 aromatic carbocycles. The Morgan fingerprint density at radius 2 is 1.59 bits per heavy atom. The lowest BCUT2D eigenvalue weighted by Gasteiger charge is -2.43. The van der Waals surface area contributed by atoms with E-state index in [0.29, 0.717) is 17.1 Å². The molecule has 5 atom stereocenters. The van der Waals surface area contributed by atoms with Crippen molar-refractivity contribution in [3.8, 4) is 22.7 Å². The molecule has 210 valence electrons. The van der Waals surface area contributed by atoms with Gasteiger partial charge in [-0.1, -0.05) is 12.1 Å². The van der Waals surface area contributed by atoms with Gasteiger partial charge in [-0.15, -0.1) is 13.2 Å². The van der Waals surface area contributed by atoms with Crippen LogP contribution in [-0.2, 0) is 23.7 Å². The molecule has 4 rings (SSSR count). The highest BCUT2D eigenvalue weighted by atomic mass is 19.4. The Bertz CT molecular complexity index is 1230. The van der Waals surface area contributed by atoms with Crippen LogP contribution in [0.4, 0.5) is 23.7 Å². The van der Waals surface area contributed by atoms with Gasteiger partial charge in [-0.05, 0) is 43.3 Å². The summed E-state index contributed by atoms with van der Waals surface area (Å²) in [6, 6.07) is 12.3. The van der Waals surface area contributed by atoms with Gasteiger partial charge in [0.15, 0.2) is 0 Å². The van der Waals surface area contributed by atoms with Gasteiger partial charge in [0.05, 0.1) is 18.1 Å². The fraction of sp³-hybridized carbons (Fsp3) is 0.385. The van der Waals surface area contributed by atoms with Gasteiger partial charge >= 0.3 is 12.5 Å². The molecule has 1 fully saturated rings. The van der Waals surface area contributed by atoms with E-state index in [9.17, 15) is 18.0 Å². The molecule has 1 saturated heterocycles. The number of alkyl halides is 3. The van der Waals surface area contributed by atoms with Crippen molar-refractivity contribution in [2.24, 2.45) is 0 Å². The van der Waals surface area contributed by atoms with Crippen LogP contribution in [0.25, 0.3) is 16.9 Å². The monoisotopic (exact) mass is 551 g/mol. The maximum absolute atomic E-state index is 12.6. The first-order valence-corrected chi connectivity index (χ1v) is 11.8. The topological polar surface area (TPSA) is 102 Å². The van der Waals surface area contributed by atoms with Crippen molar-refractivity contribution in [1.29, 1.82) is 0 Å². The summed E-state index contributed by atoms with van der Waals surface area (Å²) >= 11 is 0. The van der Waals surface area contributed by atoms with E-state index in [2.05, 4.69) is 15.0 Å². The summed E-state index contributed by atoms with van der Waals surface area (Å²) in [5.74, 6) is -0.312. The number of methoxy groups -OCH3 is 3. The fourth-order valence-electron chi connectivity index (χ4n) is 4.32. The maximum Gasteiger partial charge on any atom is 0.573 e. The average molecular weight is 552 g/mol. The molecule has 3 aromatic rings. The smallest absolute Gasteiger partial charge is 0.416 e. The largest absolute Gasteiger partial charge is 0.573 e. The van der Waals surface area contributed by atoms with E-state index >= 15 is 0 Å². The lowest BCUT2D eigenvalue weighted by molar-refractivity contribution is -0.288. The van der Waals surface area contributed by atoms with Gasteiger partial charge in [-0.2, -0.15) is 0 Å². The molecular weight excluding hydrogens is 523 g/mol. The molecule has 0 radical (unpaired) electrons. The molecule has 10 nitrogen and oxygen atoms in total. The molecule has 39 heavy (non-hydrogen) atoms. The molecule has 0 aliphatic carbocycles. The molecule has 1 aromatic heterocycles. The molecule has 13 heteroatoms. The van der Waals surface area contributed by atoms with Crippen molar-refractivity contribution in [2.45, 2.75) is 44.0 Å². The Morgan fingerprint density at radius 1 is 0.949 bits per heavy atom. The van der Waals surface area contributed by atoms with Crippen LogP contribution in [0, 0.1) is 0 Å². The minimum absolute atomic E-state index is 0.312. The summed E-state index contributed by atoms with van der Waals surface area (Å²) in [5.41, 5.74) is 2.44. The quantitative estimate of drug-likeness (QED) is 0.427. The Kier molecular flexibility index (Phi) is 8.75. The van der Waals surface area contributed by atoms with E-state index < -0.39 is 43.2 Å². The number of carbonyl (C=O) groups excluding carboxylic acids is 1. The zero-order valence-electron chi connectivity index (χ0n) is 21.5. The van der Waals surface area contributed by atoms with Gasteiger partial charge in [0.1, 0.15) is 24.1 Å². The summed E-state index contributed by atoms with van der Waals surface area (Å²) < 4.78 is 70.4. The third-order valence-electron chi connectivity index (χ3n) is 6.15. The van der Waals surface area contributed by atoms with Gasteiger partial charge in [-0.3, -0.25) is 5.32 Å². The predicted octanol–water partition coefficient (Wildman–Crippen LogP) is 4.78. The maximum atomic E-state index is 12.6. The molecule has 1 aliphatic heterocycles. The van der Waals surface area contributed by atoms with E-state index in [1.807, 2.05) is 0 Å². The van der Waals surface area contributed by atoms with E-state index in [1.165, 1.54) is 44.8 Å². The predicted molar refractivity (Wildman–Crippen MR) is 133 cm³/mol. The summed E-state index contributed by atoms with van der Waals surface area (Å²) in [7, 11) is 4.53. The Morgan fingerprint density at radius 3 is 2.18 bits per heavy atom. The van der Waals surface area contributed by atoms with Crippen molar-refractivity contribution >= 4 is 11.8 Å². The second-order valence-corrected chi connectivity index (χ2v) is 8.63. The van der Waals surface area contributed by atoms with Crippen LogP contribution >= 0.6 is 0 Å². The second-order valence-electron chi connectivity index (χ2n) is 8.63. The summed E-state index contributed by atoms with van der Waals surface area (Å²) in [6.45, 7) is 1.79. The number of ether oxygens (including phenoxy) is 6. The number of carbonyl (C=O) groups is 1. The zero-order chi connectivity index (χ0) is 28.2. The number of amides is 1. The summed E-state index contributed by atoms with van der Waals surface area (Å²) in [4.78, 5) is 16.9. The number of halogens is 3. The van der Waals surface area contributed by atoms with E-state index in [4.69, 9.17) is 23.7 Å². The molecule has 1 aliphatic rings. The van der Waals surface area contributed by atoms with Crippen LogP contribution in [0.3, 0.4) is 0 Å². The van der Waals surface area contributed by atoms with E-state index in [1.54, 1.807) is 49.1 Å². The molecule has 1 N–H and O–H groups in total. The van der Waals surface area contributed by atoms with Crippen LogP contribution in [0.15, 0.2) is 61.1 Å². The second kappa shape index (κ2) is 12.0. The number of hydrogen-bond acceptors (Lipinski definition) is 8. The normalized spacial score (nSPS) is 23.3. The molecule has 0 unspecified atom stereocenters. The first-order valence-electron chi connectivity index (χ1n) is 11.8. The molecule has 0 spiro atoms. The standard InChI is InChI=1S/C26H28F3N3O7/c1-15-21(34-2)22(35-3)23(36-4)24(37-15)38-25(33)31-17-7-5-16(6-8-17)20-13-32(14-30-20)18-9-11-19(12-10-18)39-26(27,28)29/h5-15,21-24H,1-4H3,(H,31,33)/t15-,21-,22+,23+,24+/m0/s1. The number of anilines is 1. The van der Waals surface area contributed by atoms with Gasteiger partial charge in [0.2, 0.25) is 6.29 Å². The van der Waals surface area contributed by atoms with E-state index in [0.717, 1.165) is 5.56 Å². The molecule has 0 saturated carbocycles. The zero-order valence-corrected chi connectivity index (χ0v) is 21.5. The number of nitrogens with zero attached hydrogens (tertiary/aromatic N) is 2. The SMILES string of the molecule is CO[C@@H]1[C@@H](OC)[C@H](C)O[C@H](OC(=O)Nc2ccc(-c3cn(-c4ccc(OC(F)(F)F)cc4)cn3)cc2)[C@@H]1OC. The van der Waals surface area contributed by atoms with Crippen LogP contribution in [0.2, 0.25) is 0 Å². The highest BCUT2D eigenvalue weighted by molar-refractivity contribution is 5.85. The molecule has 2 heterocycles. The summed E-state index contributed by atoms with van der Waals surface area (Å²) in [6.07, 6.45) is -5.26. The number of benzene rings is 2. The number of nitrogens with one attached hydrogen (secondary N) is 1. The van der Waals surface area contributed by atoms with Crippen LogP contribution in [0.5, 0.6) is 5.75 Å². The van der Waals surface area contributed by atoms with E-state index in [-0.39, 0.29) is 5.75 Å². The van der Waals surface area contributed by atoms with Crippen LogP contribution in [0.1, 0.15) is 6.92 Å². The number of imidazole rings is 1. The summed E-state index contributed by atoms with van der Waals surface area (Å²) in [5, 5.41) is 2.65. The van der Waals surface area contributed by atoms with Crippen molar-refractivity contribution < 1.29 is 46.4 Å². The van der Waals surface area contributed by atoms with Crippen molar-refractivity contribution in [3.05, 3.63) is 61.1 Å². The first-order chi connectivity index (χ1) is 18.6. The fourth-order valence-corrected chi connectivity index (χ4v) is 4.32. The number of hydrogen-bond donors (Lipinski definition) is 1. The van der Waals surface area contributed by atoms with Gasteiger partial charge in [0.25, 0.3) is 0 Å². The highest BCUT2D eigenvalue weighted by Gasteiger charge is 2.47.